The summed E-state index contributed by atoms with van der Waals surface area (Å²) >= 11 is 10.9. The van der Waals surface area contributed by atoms with Gasteiger partial charge in [0.1, 0.15) is 19.4 Å². The molecule has 3 N–H and O–H groups in total. The van der Waals surface area contributed by atoms with Crippen LogP contribution >= 0.6 is 23.2 Å². The van der Waals surface area contributed by atoms with Crippen molar-refractivity contribution < 1.29 is 31.9 Å². The summed E-state index contributed by atoms with van der Waals surface area (Å²) in [5, 5.41) is 2.25. The largest absolute Gasteiger partial charge is 0.453 e. The van der Waals surface area contributed by atoms with Gasteiger partial charge in [0.2, 0.25) is 0 Å². The van der Waals surface area contributed by atoms with E-state index in [1.54, 1.807) is 0 Å². The second-order valence-electron chi connectivity index (χ2n) is 5.66. The SMILES string of the molecule is CS(=O)(=O)c1ccc([C@@H](OC(=O)COCCN)[C@@H](CF)NC(=O)C(Cl)Cl)cc1. The normalized spacial score (nSPS) is 13.8. The zero-order chi connectivity index (χ0) is 21.3. The van der Waals surface area contributed by atoms with Gasteiger partial charge in [-0.25, -0.2) is 17.6 Å². The molecule has 8 nitrogen and oxygen atoms in total. The maximum Gasteiger partial charge on any atom is 0.332 e. The molecule has 0 aromatic heterocycles. The zero-order valence-electron chi connectivity index (χ0n) is 14.9. The summed E-state index contributed by atoms with van der Waals surface area (Å²) in [6.45, 7) is -1.23. The predicted octanol–water partition coefficient (Wildman–Crippen LogP) is 0.908. The van der Waals surface area contributed by atoms with E-state index in [4.69, 9.17) is 38.4 Å². The summed E-state index contributed by atoms with van der Waals surface area (Å²) in [6, 6.07) is 3.94. The number of nitrogens with one attached hydrogen (secondary N) is 1. The molecular weight excluding hydrogens is 438 g/mol. The summed E-state index contributed by atoms with van der Waals surface area (Å²) in [4.78, 5) is 22.3. The topological polar surface area (TPSA) is 125 Å². The van der Waals surface area contributed by atoms with Crippen LogP contribution < -0.4 is 11.1 Å². The van der Waals surface area contributed by atoms with Gasteiger partial charge in [-0.15, -0.1) is 0 Å². The molecule has 0 bridgehead atoms. The molecule has 0 heterocycles. The quantitative estimate of drug-likeness (QED) is 0.286. The van der Waals surface area contributed by atoms with Crippen LogP contribution in [0.2, 0.25) is 0 Å². The average molecular weight is 459 g/mol. The molecule has 1 amide bonds. The first kappa shape index (κ1) is 24.6. The minimum absolute atomic E-state index is 0.0232. The number of nitrogens with two attached hydrogens (primary N) is 1. The van der Waals surface area contributed by atoms with Crippen LogP contribution in [-0.4, -0.2) is 63.9 Å². The molecule has 0 spiro atoms. The van der Waals surface area contributed by atoms with E-state index in [9.17, 15) is 22.4 Å². The minimum atomic E-state index is -3.46. The zero-order valence-corrected chi connectivity index (χ0v) is 17.3. The Hall–Kier alpha value is -1.46. The predicted molar refractivity (Wildman–Crippen MR) is 102 cm³/mol. The third-order valence-electron chi connectivity index (χ3n) is 3.43. The Balaban J connectivity index is 3.11. The highest BCUT2D eigenvalue weighted by molar-refractivity contribution is 7.90. The Bertz CT molecular complexity index is 761. The molecule has 1 aromatic rings. The van der Waals surface area contributed by atoms with Crippen molar-refractivity contribution in [1.29, 1.82) is 0 Å². The maximum absolute atomic E-state index is 13.6. The van der Waals surface area contributed by atoms with Crippen LogP contribution in [-0.2, 0) is 28.9 Å². The Kier molecular flexibility index (Phi) is 10.1. The van der Waals surface area contributed by atoms with Gasteiger partial charge in [0, 0.05) is 12.8 Å². The Morgan fingerprint density at radius 3 is 2.32 bits per heavy atom. The lowest BCUT2D eigenvalue weighted by atomic mass is 10.0. The van der Waals surface area contributed by atoms with E-state index in [0.29, 0.717) is 0 Å². The van der Waals surface area contributed by atoms with Gasteiger partial charge in [0.15, 0.2) is 14.7 Å². The molecule has 0 aliphatic rings. The van der Waals surface area contributed by atoms with Gasteiger partial charge < -0.3 is 20.5 Å². The van der Waals surface area contributed by atoms with Crippen molar-refractivity contribution in [3.8, 4) is 0 Å². The molecule has 1 rings (SSSR count). The molecule has 28 heavy (non-hydrogen) atoms. The molecule has 0 unspecified atom stereocenters. The number of alkyl halides is 3. The van der Waals surface area contributed by atoms with Crippen LogP contribution in [0.3, 0.4) is 0 Å². The highest BCUT2D eigenvalue weighted by Gasteiger charge is 2.30. The first-order valence-corrected chi connectivity index (χ1v) is 10.8. The van der Waals surface area contributed by atoms with Gasteiger partial charge in [-0.3, -0.25) is 4.79 Å². The standard InChI is InChI=1S/C16H21Cl2FN2O6S/c1-28(24,25)11-4-2-10(3-5-11)14(27-13(22)9-26-7-6-20)12(8-19)21-16(23)15(17)18/h2-5,12,14-15H,6-9,20H2,1H3,(H,21,23)/t12-,14-/m1/s1. The third kappa shape index (κ3) is 7.88. The van der Waals surface area contributed by atoms with Gasteiger partial charge in [-0.05, 0) is 17.7 Å². The van der Waals surface area contributed by atoms with Gasteiger partial charge in [0.05, 0.1) is 17.5 Å². The van der Waals surface area contributed by atoms with Crippen LogP contribution in [0.1, 0.15) is 11.7 Å². The Labute approximate surface area is 172 Å². The number of carbonyl (C=O) groups excluding carboxylic acids is 2. The second kappa shape index (κ2) is 11.5. The molecule has 158 valence electrons. The van der Waals surface area contributed by atoms with E-state index in [2.05, 4.69) is 5.32 Å². The molecule has 0 fully saturated rings. The van der Waals surface area contributed by atoms with Crippen molar-refractivity contribution in [1.82, 2.24) is 5.32 Å². The van der Waals surface area contributed by atoms with Crippen LogP contribution in [0.15, 0.2) is 29.2 Å². The number of amides is 1. The van der Waals surface area contributed by atoms with Crippen molar-refractivity contribution in [2.75, 3.05) is 32.7 Å². The fourth-order valence-corrected chi connectivity index (χ4v) is 2.90. The summed E-state index contributed by atoms with van der Waals surface area (Å²) < 4.78 is 47.0. The number of carbonyl (C=O) groups is 2. The molecule has 1 aromatic carbocycles. The number of benzene rings is 1. The Morgan fingerprint density at radius 2 is 1.86 bits per heavy atom. The molecule has 0 saturated heterocycles. The molecular formula is C16H21Cl2FN2O6S. The molecule has 0 saturated carbocycles. The third-order valence-corrected chi connectivity index (χ3v) is 4.96. The molecule has 0 aliphatic carbocycles. The van der Waals surface area contributed by atoms with Gasteiger partial charge in [-0.1, -0.05) is 35.3 Å². The van der Waals surface area contributed by atoms with Crippen molar-refractivity contribution in [2.24, 2.45) is 5.73 Å². The summed E-state index contributed by atoms with van der Waals surface area (Å²) in [5.41, 5.74) is 5.51. The Morgan fingerprint density at radius 1 is 1.25 bits per heavy atom. The fraction of sp³-hybridized carbons (Fsp3) is 0.500. The van der Waals surface area contributed by atoms with Gasteiger partial charge in [0.25, 0.3) is 5.91 Å². The lowest BCUT2D eigenvalue weighted by Gasteiger charge is -2.26. The minimum Gasteiger partial charge on any atom is -0.453 e. The van der Waals surface area contributed by atoms with E-state index in [1.807, 2.05) is 0 Å². The molecule has 12 heteroatoms. The summed E-state index contributed by atoms with van der Waals surface area (Å²) in [6.07, 6.45) is -0.247. The van der Waals surface area contributed by atoms with E-state index >= 15 is 0 Å². The van der Waals surface area contributed by atoms with Crippen LogP contribution in [0.5, 0.6) is 0 Å². The first-order valence-electron chi connectivity index (χ1n) is 8.02. The van der Waals surface area contributed by atoms with E-state index in [0.717, 1.165) is 6.26 Å². The lowest BCUT2D eigenvalue weighted by Crippen LogP contribution is -2.44. The van der Waals surface area contributed by atoms with Crippen LogP contribution in [0.4, 0.5) is 4.39 Å². The lowest BCUT2D eigenvalue weighted by molar-refractivity contribution is -0.157. The number of rotatable bonds is 11. The maximum atomic E-state index is 13.6. The highest BCUT2D eigenvalue weighted by Crippen LogP contribution is 2.24. The molecule has 2 atom stereocenters. The smallest absolute Gasteiger partial charge is 0.332 e. The average Bonchev–Trinajstić information content (AvgIpc) is 2.63. The van der Waals surface area contributed by atoms with Crippen molar-refractivity contribution >= 4 is 44.9 Å². The van der Waals surface area contributed by atoms with Crippen molar-refractivity contribution in [2.45, 2.75) is 21.9 Å². The highest BCUT2D eigenvalue weighted by atomic mass is 35.5. The summed E-state index contributed by atoms with van der Waals surface area (Å²) in [5.74, 6) is -1.70. The second-order valence-corrected chi connectivity index (χ2v) is 8.78. The van der Waals surface area contributed by atoms with Crippen molar-refractivity contribution in [3.63, 3.8) is 0 Å². The van der Waals surface area contributed by atoms with Crippen LogP contribution in [0, 0.1) is 0 Å². The van der Waals surface area contributed by atoms with E-state index in [-0.39, 0.29) is 23.6 Å². The molecule has 0 radical (unpaired) electrons. The van der Waals surface area contributed by atoms with E-state index < -0.39 is 52.0 Å². The number of ether oxygens (including phenoxy) is 2. The first-order chi connectivity index (χ1) is 13.1. The number of esters is 1. The number of halogens is 3. The molecule has 0 aliphatic heterocycles. The summed E-state index contributed by atoms with van der Waals surface area (Å²) in [7, 11) is -3.46. The monoisotopic (exact) mass is 458 g/mol. The number of hydrogen-bond acceptors (Lipinski definition) is 7. The van der Waals surface area contributed by atoms with Gasteiger partial charge in [-0.2, -0.15) is 0 Å². The number of hydrogen-bond donors (Lipinski definition) is 2. The number of sulfone groups is 1. The van der Waals surface area contributed by atoms with Crippen molar-refractivity contribution in [3.05, 3.63) is 29.8 Å². The van der Waals surface area contributed by atoms with Crippen LogP contribution in [0.25, 0.3) is 0 Å². The van der Waals surface area contributed by atoms with Gasteiger partial charge >= 0.3 is 5.97 Å². The fourth-order valence-electron chi connectivity index (χ4n) is 2.14. The van der Waals surface area contributed by atoms with E-state index in [1.165, 1.54) is 24.3 Å².